The van der Waals surface area contributed by atoms with Gasteiger partial charge >= 0.3 is 5.76 Å². The van der Waals surface area contributed by atoms with Crippen LogP contribution in [0.2, 0.25) is 0 Å². The Morgan fingerprint density at radius 2 is 2.06 bits per heavy atom. The zero-order valence-electron chi connectivity index (χ0n) is 20.2. The highest BCUT2D eigenvalue weighted by Crippen LogP contribution is 2.24. The summed E-state index contributed by atoms with van der Waals surface area (Å²) in [6, 6.07) is 14.9. The van der Waals surface area contributed by atoms with E-state index < -0.39 is 23.5 Å². The third-order valence-corrected chi connectivity index (χ3v) is 6.19. The fraction of sp³-hybridized carbons (Fsp3) is 0.423. The molecule has 0 unspecified atom stereocenters. The Labute approximate surface area is 203 Å². The number of hydrogen-bond acceptors (Lipinski definition) is 7. The first-order valence-corrected chi connectivity index (χ1v) is 11.7. The standard InChI is InChI=1S/C26H30N4O5/c1-4-34-26(2)15-28-14-23(33-16-26)24(31)29-20(13-27)11-17-5-7-18(8-6-17)19-9-10-22-21(12-19)30(3)25(32)35-22/h5-10,12,20,23,28H,4,11,14-16H2,1-3H3,(H,29,31)/t20-,23-,26-/m0/s1. The second-order valence-electron chi connectivity index (χ2n) is 9.01. The molecule has 35 heavy (non-hydrogen) atoms. The maximum Gasteiger partial charge on any atom is 0.419 e. The highest BCUT2D eigenvalue weighted by atomic mass is 16.6. The molecule has 0 radical (unpaired) electrons. The number of nitrogens with one attached hydrogen (secondary N) is 2. The molecule has 9 nitrogen and oxygen atoms in total. The molecular formula is C26H30N4O5. The number of carbonyl (C=O) groups excluding carboxylic acids is 1. The zero-order chi connectivity index (χ0) is 25.0. The van der Waals surface area contributed by atoms with Crippen LogP contribution in [0.1, 0.15) is 19.4 Å². The summed E-state index contributed by atoms with van der Waals surface area (Å²) in [7, 11) is 1.67. The molecule has 0 aliphatic carbocycles. The number of aromatic nitrogens is 1. The predicted molar refractivity (Wildman–Crippen MR) is 131 cm³/mol. The minimum atomic E-state index is -0.690. The average Bonchev–Trinajstić information content (AvgIpc) is 3.00. The Balaban J connectivity index is 1.38. The smallest absolute Gasteiger partial charge is 0.408 e. The van der Waals surface area contributed by atoms with Gasteiger partial charge in [-0.05, 0) is 42.7 Å². The summed E-state index contributed by atoms with van der Waals surface area (Å²) in [6.07, 6.45) is -0.321. The molecule has 9 heteroatoms. The molecule has 184 valence electrons. The Bertz CT molecular complexity index is 1290. The number of amides is 1. The number of benzene rings is 2. The number of hydrogen-bond donors (Lipinski definition) is 2. The second kappa shape index (κ2) is 10.4. The highest BCUT2D eigenvalue weighted by Gasteiger charge is 2.33. The SMILES string of the molecule is CCO[C@@]1(C)CNC[C@@H](C(=O)N[C@H](C#N)Cc2ccc(-c3ccc4oc(=O)n(C)c4c3)cc2)OC1. The number of rotatable bonds is 7. The maximum absolute atomic E-state index is 12.8. The van der Waals surface area contributed by atoms with Gasteiger partial charge in [0.2, 0.25) is 0 Å². The molecule has 1 aliphatic rings. The lowest BCUT2D eigenvalue weighted by molar-refractivity contribution is -0.137. The van der Waals surface area contributed by atoms with Gasteiger partial charge in [0, 0.05) is 33.2 Å². The van der Waals surface area contributed by atoms with Crippen molar-refractivity contribution in [2.75, 3.05) is 26.3 Å². The highest BCUT2D eigenvalue weighted by molar-refractivity contribution is 5.82. The Kier molecular flexibility index (Phi) is 7.36. The minimum absolute atomic E-state index is 0.295. The van der Waals surface area contributed by atoms with E-state index in [0.717, 1.165) is 22.2 Å². The fourth-order valence-corrected chi connectivity index (χ4v) is 4.23. The summed E-state index contributed by atoms with van der Waals surface area (Å²) in [5, 5.41) is 15.6. The lowest BCUT2D eigenvalue weighted by Gasteiger charge is -2.27. The first kappa shape index (κ1) is 24.7. The molecule has 3 atom stereocenters. The molecule has 2 aromatic carbocycles. The van der Waals surface area contributed by atoms with Gasteiger partial charge in [-0.25, -0.2) is 4.79 Å². The van der Waals surface area contributed by atoms with Gasteiger partial charge in [-0.15, -0.1) is 0 Å². The van der Waals surface area contributed by atoms with Crippen LogP contribution in [-0.4, -0.2) is 54.5 Å². The predicted octanol–water partition coefficient (Wildman–Crippen LogP) is 2.13. The van der Waals surface area contributed by atoms with E-state index in [2.05, 4.69) is 16.7 Å². The molecule has 2 N–H and O–H groups in total. The van der Waals surface area contributed by atoms with Crippen LogP contribution in [-0.2, 0) is 27.7 Å². The monoisotopic (exact) mass is 478 g/mol. The summed E-state index contributed by atoms with van der Waals surface area (Å²) < 4.78 is 18.2. The number of carbonyl (C=O) groups is 1. The second-order valence-corrected chi connectivity index (χ2v) is 9.01. The minimum Gasteiger partial charge on any atom is -0.408 e. The molecule has 1 aromatic heterocycles. The number of nitriles is 1. The van der Waals surface area contributed by atoms with E-state index in [4.69, 9.17) is 13.9 Å². The molecule has 1 saturated heterocycles. The van der Waals surface area contributed by atoms with Crippen molar-refractivity contribution < 1.29 is 18.7 Å². The molecule has 0 spiro atoms. The van der Waals surface area contributed by atoms with Crippen molar-refractivity contribution in [2.24, 2.45) is 7.05 Å². The van der Waals surface area contributed by atoms with Crippen molar-refractivity contribution >= 4 is 17.0 Å². The molecule has 4 rings (SSSR count). The van der Waals surface area contributed by atoms with Gasteiger partial charge in [0.1, 0.15) is 17.7 Å². The quantitative estimate of drug-likeness (QED) is 0.534. The Morgan fingerprint density at radius 1 is 1.31 bits per heavy atom. The van der Waals surface area contributed by atoms with Crippen molar-refractivity contribution in [1.29, 1.82) is 5.26 Å². The largest absolute Gasteiger partial charge is 0.419 e. The summed E-state index contributed by atoms with van der Waals surface area (Å²) in [4.78, 5) is 24.5. The van der Waals surface area contributed by atoms with Gasteiger partial charge < -0.3 is 24.5 Å². The third kappa shape index (κ3) is 5.62. The van der Waals surface area contributed by atoms with E-state index in [0.29, 0.717) is 38.3 Å². The van der Waals surface area contributed by atoms with Gasteiger partial charge in [0.25, 0.3) is 5.91 Å². The number of nitrogens with zero attached hydrogens (tertiary/aromatic N) is 2. The van der Waals surface area contributed by atoms with Crippen molar-refractivity contribution in [3.63, 3.8) is 0 Å². The molecule has 1 amide bonds. The van der Waals surface area contributed by atoms with Gasteiger partial charge in [-0.3, -0.25) is 9.36 Å². The summed E-state index contributed by atoms with van der Waals surface area (Å²) >= 11 is 0. The molecule has 0 saturated carbocycles. The molecule has 1 aliphatic heterocycles. The Hall–Kier alpha value is -3.45. The lowest BCUT2D eigenvalue weighted by atomic mass is 10.0. The van der Waals surface area contributed by atoms with Gasteiger partial charge in [0.05, 0.1) is 18.2 Å². The topological polar surface area (TPSA) is 119 Å². The van der Waals surface area contributed by atoms with E-state index >= 15 is 0 Å². The first-order chi connectivity index (χ1) is 16.8. The van der Waals surface area contributed by atoms with Crippen molar-refractivity contribution in [1.82, 2.24) is 15.2 Å². The van der Waals surface area contributed by atoms with Crippen LogP contribution in [0.15, 0.2) is 51.7 Å². The molecule has 1 fully saturated rings. The third-order valence-electron chi connectivity index (χ3n) is 6.19. The number of fused-ring (bicyclic) bond motifs is 1. The summed E-state index contributed by atoms with van der Waals surface area (Å²) in [6.45, 7) is 5.66. The van der Waals surface area contributed by atoms with Crippen molar-refractivity contribution in [3.05, 3.63) is 58.6 Å². The number of oxazole rings is 1. The molecule has 2 heterocycles. The molecular weight excluding hydrogens is 448 g/mol. The zero-order valence-corrected chi connectivity index (χ0v) is 20.2. The fourth-order valence-electron chi connectivity index (χ4n) is 4.23. The molecule has 3 aromatic rings. The van der Waals surface area contributed by atoms with Crippen LogP contribution < -0.4 is 16.4 Å². The van der Waals surface area contributed by atoms with E-state index in [1.807, 2.05) is 50.2 Å². The first-order valence-electron chi connectivity index (χ1n) is 11.7. The lowest BCUT2D eigenvalue weighted by Crippen LogP contribution is -2.46. The van der Waals surface area contributed by atoms with Crippen LogP contribution in [0, 0.1) is 11.3 Å². The van der Waals surface area contributed by atoms with E-state index in [1.54, 1.807) is 13.1 Å². The van der Waals surface area contributed by atoms with Crippen LogP contribution in [0.4, 0.5) is 0 Å². The van der Waals surface area contributed by atoms with Gasteiger partial charge in [-0.2, -0.15) is 5.26 Å². The van der Waals surface area contributed by atoms with Crippen LogP contribution >= 0.6 is 0 Å². The van der Waals surface area contributed by atoms with Crippen LogP contribution in [0.3, 0.4) is 0 Å². The van der Waals surface area contributed by atoms with E-state index in [1.165, 1.54) is 4.57 Å². The van der Waals surface area contributed by atoms with E-state index in [-0.39, 0.29) is 5.91 Å². The maximum atomic E-state index is 12.8. The summed E-state index contributed by atoms with van der Waals surface area (Å²) in [5.74, 6) is -0.717. The van der Waals surface area contributed by atoms with Crippen molar-refractivity contribution in [3.8, 4) is 17.2 Å². The van der Waals surface area contributed by atoms with E-state index in [9.17, 15) is 14.9 Å². The molecule has 0 bridgehead atoms. The summed E-state index contributed by atoms with van der Waals surface area (Å²) in [5.41, 5.74) is 3.61. The van der Waals surface area contributed by atoms with Gasteiger partial charge in [-0.1, -0.05) is 30.3 Å². The average molecular weight is 479 g/mol. The van der Waals surface area contributed by atoms with Gasteiger partial charge in [0.15, 0.2) is 5.58 Å². The van der Waals surface area contributed by atoms with Crippen LogP contribution in [0.25, 0.3) is 22.2 Å². The normalized spacial score (nSPS) is 21.3. The number of aryl methyl sites for hydroxylation is 1. The number of ether oxygens (including phenoxy) is 2. The van der Waals surface area contributed by atoms with Crippen molar-refractivity contribution in [2.45, 2.75) is 38.0 Å². The van der Waals surface area contributed by atoms with Crippen LogP contribution in [0.5, 0.6) is 0 Å². The Morgan fingerprint density at radius 3 is 2.77 bits per heavy atom.